The van der Waals surface area contributed by atoms with Gasteiger partial charge in [0.25, 0.3) is 0 Å². The summed E-state index contributed by atoms with van der Waals surface area (Å²) in [4.78, 5) is 2.37. The highest BCUT2D eigenvalue weighted by molar-refractivity contribution is 5.47. The van der Waals surface area contributed by atoms with Crippen LogP contribution in [0.25, 0.3) is 0 Å². The molecule has 0 amide bonds. The molecule has 1 aromatic rings. The van der Waals surface area contributed by atoms with Gasteiger partial charge in [0.05, 0.1) is 23.8 Å². The quantitative estimate of drug-likeness (QED) is 0.859. The third-order valence-electron chi connectivity index (χ3n) is 5.09. The Labute approximate surface area is 124 Å². The van der Waals surface area contributed by atoms with E-state index in [0.29, 0.717) is 12.6 Å². The van der Waals surface area contributed by atoms with Gasteiger partial charge in [0, 0.05) is 18.2 Å². The number of benzene rings is 1. The number of hydrogen-bond acceptors (Lipinski definition) is 3. The molecule has 1 saturated heterocycles. The maximum atomic E-state index is 10.3. The number of rotatable bonds is 1. The SMILES string of the molecule is N#Cc1cccc2c1CCC2N1CC(O)C2CC=CC=C21. The number of hydrogen-bond donors (Lipinski definition) is 1. The van der Waals surface area contributed by atoms with E-state index < -0.39 is 0 Å². The van der Waals surface area contributed by atoms with E-state index in [9.17, 15) is 10.4 Å². The molecule has 1 fully saturated rings. The fraction of sp³-hybridized carbons (Fsp3) is 0.389. The van der Waals surface area contributed by atoms with Crippen molar-refractivity contribution in [2.24, 2.45) is 5.92 Å². The summed E-state index contributed by atoms with van der Waals surface area (Å²) in [5, 5.41) is 19.6. The van der Waals surface area contributed by atoms with Gasteiger partial charge >= 0.3 is 0 Å². The number of β-amino-alcohol motifs (C(OH)–C–C–N with tert-alkyl or cyclic N) is 1. The van der Waals surface area contributed by atoms with E-state index >= 15 is 0 Å². The molecule has 1 aliphatic heterocycles. The number of nitrogens with zero attached hydrogens (tertiary/aromatic N) is 2. The largest absolute Gasteiger partial charge is 0.391 e. The molecule has 0 aromatic heterocycles. The van der Waals surface area contributed by atoms with Crippen LogP contribution in [-0.2, 0) is 6.42 Å². The number of aliphatic hydroxyl groups is 1. The molecule has 0 radical (unpaired) electrons. The minimum atomic E-state index is -0.274. The van der Waals surface area contributed by atoms with E-state index in [1.807, 2.05) is 12.1 Å². The molecule has 3 aliphatic rings. The van der Waals surface area contributed by atoms with Crippen LogP contribution in [-0.4, -0.2) is 22.7 Å². The molecular weight excluding hydrogens is 260 g/mol. The fourth-order valence-corrected chi connectivity index (χ4v) is 4.10. The predicted molar refractivity (Wildman–Crippen MR) is 80.3 cm³/mol. The van der Waals surface area contributed by atoms with Crippen molar-refractivity contribution in [1.82, 2.24) is 4.90 Å². The van der Waals surface area contributed by atoms with Gasteiger partial charge in [-0.25, -0.2) is 0 Å². The second kappa shape index (κ2) is 4.75. The van der Waals surface area contributed by atoms with Crippen LogP contribution in [0.3, 0.4) is 0 Å². The minimum Gasteiger partial charge on any atom is -0.391 e. The summed E-state index contributed by atoms with van der Waals surface area (Å²) in [5.74, 6) is 0.248. The lowest BCUT2D eigenvalue weighted by Gasteiger charge is -2.30. The molecular formula is C18H18N2O. The summed E-state index contributed by atoms with van der Waals surface area (Å²) in [7, 11) is 0. The Balaban J connectivity index is 1.73. The first kappa shape index (κ1) is 12.7. The van der Waals surface area contributed by atoms with Crippen LogP contribution in [0, 0.1) is 17.2 Å². The van der Waals surface area contributed by atoms with Crippen molar-refractivity contribution >= 4 is 0 Å². The number of likely N-dealkylation sites (tertiary alicyclic amines) is 1. The van der Waals surface area contributed by atoms with Crippen LogP contribution < -0.4 is 0 Å². The Morgan fingerprint density at radius 2 is 2.24 bits per heavy atom. The van der Waals surface area contributed by atoms with Crippen molar-refractivity contribution in [2.75, 3.05) is 6.54 Å². The summed E-state index contributed by atoms with van der Waals surface area (Å²) in [6.45, 7) is 0.707. The van der Waals surface area contributed by atoms with E-state index in [0.717, 1.165) is 24.8 Å². The Hall–Kier alpha value is -2.05. The minimum absolute atomic E-state index is 0.248. The third kappa shape index (κ3) is 1.83. The first-order valence-electron chi connectivity index (χ1n) is 7.63. The van der Waals surface area contributed by atoms with Gasteiger partial charge in [-0.2, -0.15) is 5.26 Å². The summed E-state index contributed by atoms with van der Waals surface area (Å²) < 4.78 is 0. The Kier molecular flexibility index (Phi) is 2.87. The van der Waals surface area contributed by atoms with Crippen LogP contribution in [0.4, 0.5) is 0 Å². The lowest BCUT2D eigenvalue weighted by atomic mass is 9.94. The molecule has 0 saturated carbocycles. The summed E-state index contributed by atoms with van der Waals surface area (Å²) in [5.41, 5.74) is 4.56. The topological polar surface area (TPSA) is 47.3 Å². The zero-order valence-corrected chi connectivity index (χ0v) is 11.9. The highest BCUT2D eigenvalue weighted by Gasteiger charge is 2.41. The molecule has 3 heteroatoms. The molecule has 0 spiro atoms. The average Bonchev–Trinajstić information content (AvgIpc) is 3.09. The molecule has 2 aliphatic carbocycles. The van der Waals surface area contributed by atoms with Crippen molar-refractivity contribution in [3.63, 3.8) is 0 Å². The normalized spacial score (nSPS) is 29.8. The highest BCUT2D eigenvalue weighted by Crippen LogP contribution is 2.45. The van der Waals surface area contributed by atoms with Crippen LogP contribution in [0.1, 0.15) is 35.6 Å². The molecule has 1 aromatic carbocycles. The van der Waals surface area contributed by atoms with E-state index in [1.165, 1.54) is 16.8 Å². The molecule has 3 nitrogen and oxygen atoms in total. The summed E-state index contributed by atoms with van der Waals surface area (Å²) in [6, 6.07) is 8.66. The lowest BCUT2D eigenvalue weighted by Crippen LogP contribution is -2.25. The monoisotopic (exact) mass is 278 g/mol. The van der Waals surface area contributed by atoms with Gasteiger partial charge in [-0.3, -0.25) is 0 Å². The van der Waals surface area contributed by atoms with Crippen LogP contribution in [0.5, 0.6) is 0 Å². The Morgan fingerprint density at radius 1 is 1.33 bits per heavy atom. The molecule has 106 valence electrons. The maximum absolute atomic E-state index is 10.3. The van der Waals surface area contributed by atoms with Crippen LogP contribution >= 0.6 is 0 Å². The van der Waals surface area contributed by atoms with Gasteiger partial charge < -0.3 is 10.0 Å². The Morgan fingerprint density at radius 3 is 3.10 bits per heavy atom. The molecule has 3 unspecified atom stereocenters. The average molecular weight is 278 g/mol. The number of nitriles is 1. The number of allylic oxidation sites excluding steroid dienone is 3. The van der Waals surface area contributed by atoms with Crippen LogP contribution in [0.2, 0.25) is 0 Å². The fourth-order valence-electron chi connectivity index (χ4n) is 4.10. The first-order chi connectivity index (χ1) is 10.3. The summed E-state index contributed by atoms with van der Waals surface area (Å²) >= 11 is 0. The van der Waals surface area contributed by atoms with Crippen LogP contribution in [0.15, 0.2) is 42.1 Å². The van der Waals surface area contributed by atoms with E-state index in [-0.39, 0.29) is 12.0 Å². The molecule has 1 heterocycles. The molecule has 1 N–H and O–H groups in total. The van der Waals surface area contributed by atoms with Crippen molar-refractivity contribution in [3.8, 4) is 6.07 Å². The van der Waals surface area contributed by atoms with Gasteiger partial charge in [-0.15, -0.1) is 0 Å². The smallest absolute Gasteiger partial charge is 0.0994 e. The van der Waals surface area contributed by atoms with Gasteiger partial charge in [-0.1, -0.05) is 24.3 Å². The zero-order valence-electron chi connectivity index (χ0n) is 11.9. The van der Waals surface area contributed by atoms with E-state index in [4.69, 9.17) is 0 Å². The zero-order chi connectivity index (χ0) is 14.4. The first-order valence-corrected chi connectivity index (χ1v) is 7.63. The highest BCUT2D eigenvalue weighted by atomic mass is 16.3. The predicted octanol–water partition coefficient (Wildman–Crippen LogP) is 2.68. The molecule has 3 atom stereocenters. The van der Waals surface area contributed by atoms with Crippen molar-refractivity contribution in [2.45, 2.75) is 31.4 Å². The second-order valence-electron chi connectivity index (χ2n) is 6.12. The third-order valence-corrected chi connectivity index (χ3v) is 5.09. The second-order valence-corrected chi connectivity index (χ2v) is 6.12. The van der Waals surface area contributed by atoms with Crippen molar-refractivity contribution < 1.29 is 5.11 Å². The van der Waals surface area contributed by atoms with Crippen molar-refractivity contribution in [1.29, 1.82) is 5.26 Å². The molecule has 21 heavy (non-hydrogen) atoms. The lowest BCUT2D eigenvalue weighted by molar-refractivity contribution is 0.136. The summed E-state index contributed by atoms with van der Waals surface area (Å²) in [6.07, 6.45) is 9.04. The standard InChI is InChI=1S/C18H18N2O/c19-10-12-4-3-6-14-13(12)8-9-17(14)20-11-18(21)15-5-1-2-7-16(15)20/h1-4,6-7,15,17-18,21H,5,8-9,11H2. The van der Waals surface area contributed by atoms with E-state index in [2.05, 4.69) is 35.3 Å². The van der Waals surface area contributed by atoms with Gasteiger partial charge in [-0.05, 0) is 42.5 Å². The maximum Gasteiger partial charge on any atom is 0.0994 e. The number of fused-ring (bicyclic) bond motifs is 2. The molecule has 4 rings (SSSR count). The van der Waals surface area contributed by atoms with Gasteiger partial charge in [0.2, 0.25) is 0 Å². The van der Waals surface area contributed by atoms with Gasteiger partial charge in [0.1, 0.15) is 0 Å². The number of aliphatic hydroxyl groups excluding tert-OH is 1. The van der Waals surface area contributed by atoms with E-state index in [1.54, 1.807) is 0 Å². The Bertz CT molecular complexity index is 683. The van der Waals surface area contributed by atoms with Crippen molar-refractivity contribution in [3.05, 3.63) is 58.8 Å². The van der Waals surface area contributed by atoms with Gasteiger partial charge in [0.15, 0.2) is 0 Å². The molecule has 0 bridgehead atoms.